The van der Waals surface area contributed by atoms with Gasteiger partial charge >= 0.3 is 153 Å². The molecule has 0 saturated carbocycles. The second-order valence-corrected chi connectivity index (χ2v) is 20.7. The molecule has 20 heavy (non-hydrogen) atoms. The summed E-state index contributed by atoms with van der Waals surface area (Å²) >= 11 is 8.65. The normalized spacial score (nSPS) is 13.1. The van der Waals surface area contributed by atoms with Crippen LogP contribution in [0.2, 0.25) is 39.3 Å². The summed E-state index contributed by atoms with van der Waals surface area (Å²) < 4.78 is 6.21. The van der Waals surface area contributed by atoms with Crippen molar-refractivity contribution in [3.63, 3.8) is 0 Å². The molecule has 0 unspecified atom stereocenters. The van der Waals surface area contributed by atoms with E-state index in [1.54, 1.807) is 9.00 Å². The van der Waals surface area contributed by atoms with Gasteiger partial charge in [0.1, 0.15) is 0 Å². The van der Waals surface area contributed by atoms with Crippen molar-refractivity contribution in [2.24, 2.45) is 0 Å². The molecule has 0 atom stereocenters. The van der Waals surface area contributed by atoms with Gasteiger partial charge in [-0.25, -0.2) is 0 Å². The molecule has 0 saturated heterocycles. The van der Waals surface area contributed by atoms with E-state index in [0.29, 0.717) is 0 Å². The van der Waals surface area contributed by atoms with Crippen molar-refractivity contribution in [1.82, 2.24) is 0 Å². The van der Waals surface area contributed by atoms with Gasteiger partial charge in [0.25, 0.3) is 0 Å². The maximum absolute atomic E-state index is 2.44. The molecule has 0 radical (unpaired) electrons. The summed E-state index contributed by atoms with van der Waals surface area (Å²) in [6, 6.07) is 4.89. The van der Waals surface area contributed by atoms with E-state index in [1.165, 1.54) is 18.2 Å². The molecule has 0 aliphatic rings. The van der Waals surface area contributed by atoms with Crippen molar-refractivity contribution in [3.8, 4) is 9.75 Å². The van der Waals surface area contributed by atoms with Gasteiger partial charge in [0.05, 0.1) is 0 Å². The van der Waals surface area contributed by atoms with Crippen LogP contribution in [0.15, 0.2) is 12.1 Å². The van der Waals surface area contributed by atoms with Crippen LogP contribution in [-0.2, 0) is 0 Å². The Kier molecular flexibility index (Phi) is 5.14. The molecule has 98 valence electrons. The summed E-state index contributed by atoms with van der Waals surface area (Å²) in [5, 5.41) is 0. The van der Waals surface area contributed by atoms with Crippen molar-refractivity contribution in [2.75, 3.05) is 0 Å². The third-order valence-corrected chi connectivity index (χ3v) is 13.3. The van der Waals surface area contributed by atoms with Gasteiger partial charge in [-0.05, 0) is 0 Å². The minimum atomic E-state index is -1.19. The van der Waals surface area contributed by atoms with Crippen molar-refractivity contribution in [1.29, 1.82) is 0 Å². The molecule has 0 N–H and O–H groups in total. The van der Waals surface area contributed by atoms with Crippen molar-refractivity contribution in [3.05, 3.63) is 12.1 Å². The molecule has 2 heterocycles. The van der Waals surface area contributed by atoms with Gasteiger partial charge in [-0.1, -0.05) is 0 Å². The van der Waals surface area contributed by atoms with E-state index in [0.717, 1.165) is 0 Å². The average Bonchev–Trinajstić information content (AvgIpc) is 2.80. The van der Waals surface area contributed by atoms with E-state index in [-0.39, 0.29) is 0 Å². The van der Waals surface area contributed by atoms with E-state index in [9.17, 15) is 0 Å². The van der Waals surface area contributed by atoms with Crippen LogP contribution in [0, 0.1) is 0 Å². The Labute approximate surface area is 151 Å². The van der Waals surface area contributed by atoms with Crippen molar-refractivity contribution < 1.29 is 0 Å². The van der Waals surface area contributed by atoms with Crippen LogP contribution in [0.3, 0.4) is 0 Å². The Morgan fingerprint density at radius 2 is 1.00 bits per heavy atom. The fourth-order valence-electron chi connectivity index (χ4n) is 2.15. The Bertz CT molecular complexity index is 574. The van der Waals surface area contributed by atoms with Crippen LogP contribution in [-0.4, -0.2) is 51.6 Å². The molecule has 0 aromatic carbocycles. The first-order chi connectivity index (χ1) is 9.00. The fraction of sp³-hybridized carbons (Fsp3) is 0.429. The molecule has 6 heteroatoms. The third-order valence-electron chi connectivity index (χ3n) is 3.52. The molecular formula is C14H20Li2S2Si2. The van der Waals surface area contributed by atoms with Crippen molar-refractivity contribution >= 4 is 91.7 Å². The van der Waals surface area contributed by atoms with E-state index < -0.39 is 16.1 Å². The number of rotatable bonds is 3. The zero-order valence-electron chi connectivity index (χ0n) is 14.0. The zero-order chi connectivity index (χ0) is 15.3. The maximum atomic E-state index is 2.44. The molecule has 0 spiro atoms. The average molecular weight is 323 g/mol. The second kappa shape index (κ2) is 5.91. The summed E-state index contributed by atoms with van der Waals surface area (Å²) in [4.78, 5) is 3.05. The van der Waals surface area contributed by atoms with Gasteiger partial charge in [-0.15, -0.1) is 0 Å². The van der Waals surface area contributed by atoms with Gasteiger partial charge in [-0.2, -0.15) is 0 Å². The molecule has 0 fully saturated rings. The third kappa shape index (κ3) is 3.67. The van der Waals surface area contributed by atoms with Crippen LogP contribution in [0.4, 0.5) is 0 Å². The quantitative estimate of drug-likeness (QED) is 0.760. The summed E-state index contributed by atoms with van der Waals surface area (Å²) in [6.45, 7) is 14.6. The first kappa shape index (κ1) is 17.4. The van der Waals surface area contributed by atoms with Crippen molar-refractivity contribution in [2.45, 2.75) is 39.3 Å². The summed E-state index contributed by atoms with van der Waals surface area (Å²) in [5.41, 5.74) is 0. The van der Waals surface area contributed by atoms with E-state index in [1.807, 2.05) is 22.7 Å². The van der Waals surface area contributed by atoms with Crippen LogP contribution in [0.25, 0.3) is 9.75 Å². The number of thiophene rings is 2. The van der Waals surface area contributed by atoms with Gasteiger partial charge in [0, 0.05) is 0 Å². The van der Waals surface area contributed by atoms with Crippen LogP contribution in [0.1, 0.15) is 0 Å². The molecule has 2 aromatic heterocycles. The number of hydrogen-bond acceptors (Lipinski definition) is 2. The molecular weight excluding hydrogens is 302 g/mol. The first-order valence-electron chi connectivity index (χ1n) is 7.22. The summed E-state index contributed by atoms with van der Waals surface area (Å²) in [6.07, 6.45) is 0. The van der Waals surface area contributed by atoms with E-state index in [4.69, 9.17) is 0 Å². The predicted octanol–water partition coefficient (Wildman–Crippen LogP) is 2.15. The molecule has 0 bridgehead atoms. The van der Waals surface area contributed by atoms with Gasteiger partial charge in [-0.3, -0.25) is 0 Å². The summed E-state index contributed by atoms with van der Waals surface area (Å²) in [5.74, 6) is 0. The topological polar surface area (TPSA) is 0 Å². The van der Waals surface area contributed by atoms with Crippen LogP contribution < -0.4 is 17.5 Å². The molecule has 0 aliphatic heterocycles. The van der Waals surface area contributed by atoms with Crippen LogP contribution in [0.5, 0.6) is 0 Å². The fourth-order valence-corrected chi connectivity index (χ4v) is 8.62. The Morgan fingerprint density at radius 1 is 0.700 bits per heavy atom. The Hall–Kier alpha value is 1.03. The Balaban J connectivity index is 2.53. The molecule has 0 aliphatic carbocycles. The standard InChI is InChI=1S/C14H20S2Si2.2Li/c1-17(2,3)13-9-7-11(15-13)12-8-10-14(16-12)18(4,5)6;;/h9-10H,1-6H3;;. The van der Waals surface area contributed by atoms with Crippen LogP contribution >= 0.6 is 22.7 Å². The molecule has 2 aromatic rings. The molecule has 2 rings (SSSR count). The van der Waals surface area contributed by atoms with E-state index >= 15 is 0 Å². The number of hydrogen-bond donors (Lipinski definition) is 0. The molecule has 0 nitrogen and oxygen atoms in total. The first-order valence-corrected chi connectivity index (χ1v) is 15.9. The van der Waals surface area contributed by atoms with Gasteiger partial charge in [0.2, 0.25) is 0 Å². The molecule has 0 amide bonds. The minimum absolute atomic E-state index is 1.19. The SMILES string of the molecule is [Li][c]1cc([Si](C)(C)C)sc1-c1sc([Si](C)(C)C)c[c]1[Li]. The monoisotopic (exact) mass is 322 g/mol. The van der Waals surface area contributed by atoms with Gasteiger partial charge < -0.3 is 0 Å². The van der Waals surface area contributed by atoms with E-state index in [2.05, 4.69) is 86.8 Å². The van der Waals surface area contributed by atoms with Gasteiger partial charge in [0.15, 0.2) is 0 Å². The predicted molar refractivity (Wildman–Crippen MR) is 104 cm³/mol. The Morgan fingerprint density at radius 3 is 1.20 bits per heavy atom. The summed E-state index contributed by atoms with van der Waals surface area (Å²) in [7, 11) is -2.38. The zero-order valence-corrected chi connectivity index (χ0v) is 17.6. The second-order valence-electron chi connectivity index (χ2n) is 7.75.